The fourth-order valence-electron chi connectivity index (χ4n) is 3.72. The van der Waals surface area contributed by atoms with Crippen molar-refractivity contribution >= 4 is 17.7 Å². The van der Waals surface area contributed by atoms with E-state index in [1.54, 1.807) is 0 Å². The van der Waals surface area contributed by atoms with Gasteiger partial charge in [-0.3, -0.25) is 14.4 Å². The molecule has 1 aliphatic carbocycles. The van der Waals surface area contributed by atoms with Crippen LogP contribution < -0.4 is 16.0 Å². The van der Waals surface area contributed by atoms with E-state index < -0.39 is 41.1 Å². The van der Waals surface area contributed by atoms with Crippen molar-refractivity contribution in [2.45, 2.75) is 102 Å². The highest BCUT2D eigenvalue weighted by Crippen LogP contribution is 2.43. The summed E-state index contributed by atoms with van der Waals surface area (Å²) >= 11 is 0. The zero-order valence-electron chi connectivity index (χ0n) is 19.1. The van der Waals surface area contributed by atoms with Crippen LogP contribution in [0.1, 0.15) is 73.1 Å². The van der Waals surface area contributed by atoms with Crippen molar-refractivity contribution in [2.75, 3.05) is 6.61 Å². The topological polar surface area (TPSA) is 120 Å². The Morgan fingerprint density at radius 3 is 2.45 bits per heavy atom. The number of rotatable bonds is 10. The Morgan fingerprint density at radius 1 is 1.32 bits per heavy atom. The summed E-state index contributed by atoms with van der Waals surface area (Å²) in [6.45, 7) is 9.59. The molecule has 1 heterocycles. The summed E-state index contributed by atoms with van der Waals surface area (Å²) in [5.41, 5.74) is -2.21. The maximum atomic E-state index is 14.4. The first-order chi connectivity index (χ1) is 14.2. The van der Waals surface area contributed by atoms with E-state index >= 15 is 0 Å². The van der Waals surface area contributed by atoms with E-state index in [4.69, 9.17) is 4.74 Å². The maximum absolute atomic E-state index is 14.4. The maximum Gasteiger partial charge on any atom is 0.243 e. The van der Waals surface area contributed by atoms with E-state index in [2.05, 4.69) is 16.0 Å². The summed E-state index contributed by atoms with van der Waals surface area (Å²) in [7, 11) is 0. The molecule has 3 amide bonds. The van der Waals surface area contributed by atoms with Crippen LogP contribution in [0.2, 0.25) is 0 Å². The Bertz CT molecular complexity index is 737. The molecule has 3 N–H and O–H groups in total. The van der Waals surface area contributed by atoms with Crippen LogP contribution in [0.15, 0.2) is 0 Å². The Balaban J connectivity index is 1.94. The smallest absolute Gasteiger partial charge is 0.243 e. The minimum Gasteiger partial charge on any atom is -0.375 e. The average Bonchev–Trinajstić information content (AvgIpc) is 3.27. The highest BCUT2D eigenvalue weighted by molar-refractivity contribution is 5.88. The lowest BCUT2D eigenvalue weighted by Crippen LogP contribution is -2.51. The quantitative estimate of drug-likeness (QED) is 0.481. The minimum absolute atomic E-state index is 0.0410. The molecule has 0 bridgehead atoms. The van der Waals surface area contributed by atoms with Crippen molar-refractivity contribution in [3.63, 3.8) is 0 Å². The highest BCUT2D eigenvalue weighted by Gasteiger charge is 2.47. The van der Waals surface area contributed by atoms with Crippen LogP contribution in [0.25, 0.3) is 0 Å². The molecule has 1 aliphatic heterocycles. The molecule has 9 heteroatoms. The van der Waals surface area contributed by atoms with Gasteiger partial charge in [-0.2, -0.15) is 5.26 Å². The summed E-state index contributed by atoms with van der Waals surface area (Å²) in [4.78, 5) is 37.2. The molecule has 0 aromatic heterocycles. The Labute approximate surface area is 183 Å². The molecule has 1 saturated heterocycles. The molecule has 1 saturated carbocycles. The van der Waals surface area contributed by atoms with Gasteiger partial charge in [-0.1, -0.05) is 0 Å². The van der Waals surface area contributed by atoms with Crippen molar-refractivity contribution in [2.24, 2.45) is 5.92 Å². The molecular weight excluding hydrogens is 403 g/mol. The SMILES string of the molecule is CC1(C)CC(CC(C#N)NC(=O)C(CC2(F)CC2)NC(=O)CCOC(C)(C)C)C(=O)N1. The summed E-state index contributed by atoms with van der Waals surface area (Å²) in [6, 6.07) is 0.0161. The molecule has 2 rings (SSSR count). The Kier molecular flexibility index (Phi) is 7.69. The fraction of sp³-hybridized carbons (Fsp3) is 0.818. The van der Waals surface area contributed by atoms with Gasteiger partial charge in [-0.05, 0) is 60.3 Å². The lowest BCUT2D eigenvalue weighted by Gasteiger charge is -2.23. The molecular formula is C22H35FN4O4. The summed E-state index contributed by atoms with van der Waals surface area (Å²) in [6.07, 6.45) is 1.32. The lowest BCUT2D eigenvalue weighted by molar-refractivity contribution is -0.131. The van der Waals surface area contributed by atoms with Crippen molar-refractivity contribution in [3.8, 4) is 6.07 Å². The summed E-state index contributed by atoms with van der Waals surface area (Å²) < 4.78 is 19.9. The van der Waals surface area contributed by atoms with Gasteiger partial charge in [0.25, 0.3) is 0 Å². The minimum atomic E-state index is -1.46. The van der Waals surface area contributed by atoms with Crippen LogP contribution in [0.4, 0.5) is 4.39 Å². The van der Waals surface area contributed by atoms with Gasteiger partial charge in [0.2, 0.25) is 17.7 Å². The number of nitriles is 1. The van der Waals surface area contributed by atoms with E-state index in [1.165, 1.54) is 0 Å². The third-order valence-corrected chi connectivity index (χ3v) is 5.46. The third-order valence-electron chi connectivity index (χ3n) is 5.46. The number of alkyl halides is 1. The van der Waals surface area contributed by atoms with E-state index in [0.717, 1.165) is 0 Å². The van der Waals surface area contributed by atoms with E-state index in [-0.39, 0.29) is 37.3 Å². The van der Waals surface area contributed by atoms with Gasteiger partial charge in [0.1, 0.15) is 17.8 Å². The monoisotopic (exact) mass is 438 g/mol. The first-order valence-electron chi connectivity index (χ1n) is 10.9. The second-order valence-corrected chi connectivity index (χ2v) is 10.4. The summed E-state index contributed by atoms with van der Waals surface area (Å²) in [5, 5.41) is 17.5. The van der Waals surface area contributed by atoms with Crippen molar-refractivity contribution in [1.29, 1.82) is 5.26 Å². The number of amides is 3. The van der Waals surface area contributed by atoms with Crippen LogP contribution in [0, 0.1) is 17.2 Å². The number of nitrogens with zero attached hydrogens (tertiary/aromatic N) is 1. The molecule has 2 aliphatic rings. The first kappa shape index (κ1) is 25.1. The van der Waals surface area contributed by atoms with E-state index in [0.29, 0.717) is 19.3 Å². The standard InChI is InChI=1S/C22H35FN4O4/c1-20(2,3)31-9-6-17(28)26-16(12-22(23)7-8-22)19(30)25-15(13-24)10-14-11-21(4,5)27-18(14)29/h14-16H,6-12H2,1-5H3,(H,25,30)(H,26,28)(H,27,29). The van der Waals surface area contributed by atoms with Crippen LogP contribution in [-0.2, 0) is 19.1 Å². The van der Waals surface area contributed by atoms with Crippen molar-refractivity contribution in [3.05, 3.63) is 0 Å². The second kappa shape index (κ2) is 9.51. The fourth-order valence-corrected chi connectivity index (χ4v) is 3.72. The predicted octanol–water partition coefficient (Wildman–Crippen LogP) is 1.88. The number of nitrogens with one attached hydrogen (secondary N) is 3. The molecule has 31 heavy (non-hydrogen) atoms. The molecule has 2 fully saturated rings. The Morgan fingerprint density at radius 2 is 1.97 bits per heavy atom. The van der Waals surface area contributed by atoms with Gasteiger partial charge in [-0.25, -0.2) is 4.39 Å². The van der Waals surface area contributed by atoms with Crippen LogP contribution >= 0.6 is 0 Å². The van der Waals surface area contributed by atoms with E-state index in [1.807, 2.05) is 40.7 Å². The Hall–Kier alpha value is -2.21. The van der Waals surface area contributed by atoms with Gasteiger partial charge >= 0.3 is 0 Å². The van der Waals surface area contributed by atoms with Gasteiger partial charge in [-0.15, -0.1) is 0 Å². The van der Waals surface area contributed by atoms with Gasteiger partial charge in [0.15, 0.2) is 0 Å². The molecule has 3 unspecified atom stereocenters. The number of carbonyl (C=O) groups excluding carboxylic acids is 3. The van der Waals surface area contributed by atoms with Gasteiger partial charge in [0, 0.05) is 17.9 Å². The molecule has 0 aromatic rings. The van der Waals surface area contributed by atoms with Gasteiger partial charge in [0.05, 0.1) is 24.7 Å². The molecule has 8 nitrogen and oxygen atoms in total. The number of halogens is 1. The largest absolute Gasteiger partial charge is 0.375 e. The number of hydrogen-bond acceptors (Lipinski definition) is 5. The number of ether oxygens (including phenoxy) is 1. The average molecular weight is 439 g/mol. The second-order valence-electron chi connectivity index (χ2n) is 10.4. The van der Waals surface area contributed by atoms with E-state index in [9.17, 15) is 24.0 Å². The molecule has 0 radical (unpaired) electrons. The lowest BCUT2D eigenvalue weighted by atomic mass is 9.92. The number of carbonyl (C=O) groups is 3. The zero-order valence-corrected chi connectivity index (χ0v) is 19.1. The molecule has 3 atom stereocenters. The van der Waals surface area contributed by atoms with Crippen molar-refractivity contribution in [1.82, 2.24) is 16.0 Å². The highest BCUT2D eigenvalue weighted by atomic mass is 19.1. The predicted molar refractivity (Wildman–Crippen MR) is 112 cm³/mol. The normalized spacial score (nSPS) is 23.3. The molecule has 174 valence electrons. The van der Waals surface area contributed by atoms with Crippen LogP contribution in [0.5, 0.6) is 0 Å². The van der Waals surface area contributed by atoms with Crippen LogP contribution in [-0.4, -0.2) is 53.2 Å². The first-order valence-corrected chi connectivity index (χ1v) is 10.9. The van der Waals surface area contributed by atoms with Crippen LogP contribution in [0.3, 0.4) is 0 Å². The number of hydrogen-bond donors (Lipinski definition) is 3. The zero-order chi connectivity index (χ0) is 23.4. The summed E-state index contributed by atoms with van der Waals surface area (Å²) in [5.74, 6) is -1.57. The van der Waals surface area contributed by atoms with Crippen molar-refractivity contribution < 1.29 is 23.5 Å². The molecule has 0 spiro atoms. The third kappa shape index (κ3) is 8.44. The van der Waals surface area contributed by atoms with Gasteiger partial charge < -0.3 is 20.7 Å². The molecule has 0 aromatic carbocycles.